The SMILES string of the molecule is CC(C)[C@](C)(C#N)NC(=O)COC(=O)c1cc(Cl)ccn1. The Hall–Kier alpha value is -2.13. The van der Waals surface area contributed by atoms with E-state index < -0.39 is 24.0 Å². The number of nitrogens with one attached hydrogen (secondary N) is 1. The van der Waals surface area contributed by atoms with Crippen molar-refractivity contribution in [2.24, 2.45) is 5.92 Å². The number of esters is 1. The summed E-state index contributed by atoms with van der Waals surface area (Å²) in [5.41, 5.74) is -1.00. The summed E-state index contributed by atoms with van der Waals surface area (Å²) in [6.45, 7) is 4.74. The summed E-state index contributed by atoms with van der Waals surface area (Å²) in [7, 11) is 0. The molecular weight excluding hydrogens is 294 g/mol. The van der Waals surface area contributed by atoms with Crippen molar-refractivity contribution in [3.8, 4) is 6.07 Å². The van der Waals surface area contributed by atoms with Crippen molar-refractivity contribution in [1.29, 1.82) is 5.26 Å². The zero-order chi connectivity index (χ0) is 16.0. The number of amides is 1. The number of halogens is 1. The van der Waals surface area contributed by atoms with Crippen LogP contribution in [0.3, 0.4) is 0 Å². The van der Waals surface area contributed by atoms with Crippen molar-refractivity contribution in [2.75, 3.05) is 6.61 Å². The number of nitrogens with zero attached hydrogens (tertiary/aromatic N) is 2. The van der Waals surface area contributed by atoms with Gasteiger partial charge in [-0.1, -0.05) is 25.4 Å². The molecule has 0 radical (unpaired) electrons. The summed E-state index contributed by atoms with van der Waals surface area (Å²) in [6, 6.07) is 4.90. The first-order chi connectivity index (χ1) is 9.78. The fraction of sp³-hybridized carbons (Fsp3) is 0.429. The highest BCUT2D eigenvalue weighted by molar-refractivity contribution is 6.30. The zero-order valence-electron chi connectivity index (χ0n) is 12.0. The molecule has 1 amide bonds. The van der Waals surface area contributed by atoms with E-state index in [1.807, 2.05) is 19.9 Å². The van der Waals surface area contributed by atoms with E-state index in [2.05, 4.69) is 10.3 Å². The van der Waals surface area contributed by atoms with Crippen molar-refractivity contribution in [3.63, 3.8) is 0 Å². The maximum absolute atomic E-state index is 11.7. The molecule has 1 aromatic rings. The Bertz CT molecular complexity index is 583. The quantitative estimate of drug-likeness (QED) is 0.839. The van der Waals surface area contributed by atoms with Crippen LogP contribution in [0.4, 0.5) is 0 Å². The second-order valence-corrected chi connectivity index (χ2v) is 5.39. The molecule has 21 heavy (non-hydrogen) atoms. The van der Waals surface area contributed by atoms with E-state index in [0.29, 0.717) is 5.02 Å². The molecule has 0 aliphatic carbocycles. The van der Waals surface area contributed by atoms with Gasteiger partial charge in [0.15, 0.2) is 6.61 Å². The van der Waals surface area contributed by atoms with Gasteiger partial charge in [0.05, 0.1) is 6.07 Å². The average molecular weight is 310 g/mol. The molecule has 1 aromatic heterocycles. The van der Waals surface area contributed by atoms with Crippen LogP contribution in [0.5, 0.6) is 0 Å². The summed E-state index contributed by atoms with van der Waals surface area (Å²) in [5.74, 6) is -1.39. The first-order valence-electron chi connectivity index (χ1n) is 6.29. The number of hydrogen-bond acceptors (Lipinski definition) is 5. The number of nitriles is 1. The molecule has 0 fully saturated rings. The first kappa shape index (κ1) is 16.9. The monoisotopic (exact) mass is 309 g/mol. The Morgan fingerprint density at radius 1 is 1.57 bits per heavy atom. The summed E-state index contributed by atoms with van der Waals surface area (Å²) in [6.07, 6.45) is 1.37. The van der Waals surface area contributed by atoms with Crippen molar-refractivity contribution in [2.45, 2.75) is 26.3 Å². The van der Waals surface area contributed by atoms with E-state index >= 15 is 0 Å². The van der Waals surface area contributed by atoms with Gasteiger partial charge in [0, 0.05) is 11.2 Å². The molecule has 0 spiro atoms. The van der Waals surface area contributed by atoms with Gasteiger partial charge in [-0.05, 0) is 25.0 Å². The second kappa shape index (κ2) is 7.04. The highest BCUT2D eigenvalue weighted by Gasteiger charge is 2.30. The van der Waals surface area contributed by atoms with Crippen molar-refractivity contribution < 1.29 is 14.3 Å². The summed E-state index contributed by atoms with van der Waals surface area (Å²) in [5, 5.41) is 12.0. The van der Waals surface area contributed by atoms with Crippen LogP contribution in [0.15, 0.2) is 18.3 Å². The van der Waals surface area contributed by atoms with Gasteiger partial charge in [-0.3, -0.25) is 4.79 Å². The molecule has 0 saturated heterocycles. The van der Waals surface area contributed by atoms with Gasteiger partial charge in [0.2, 0.25) is 0 Å². The predicted molar refractivity (Wildman–Crippen MR) is 76.5 cm³/mol. The standard InChI is InChI=1S/C14H16ClN3O3/c1-9(2)14(3,8-16)18-12(19)7-21-13(20)11-6-10(15)4-5-17-11/h4-6,9H,7H2,1-3H3,(H,18,19)/t14-/m0/s1. The van der Waals surface area contributed by atoms with Crippen molar-refractivity contribution in [1.82, 2.24) is 10.3 Å². The fourth-order valence-corrected chi connectivity index (χ4v) is 1.51. The van der Waals surface area contributed by atoms with E-state index in [1.165, 1.54) is 18.3 Å². The largest absolute Gasteiger partial charge is 0.451 e. The molecule has 0 aliphatic rings. The van der Waals surface area contributed by atoms with Crippen LogP contribution in [0.25, 0.3) is 0 Å². The average Bonchev–Trinajstić information content (AvgIpc) is 2.44. The lowest BCUT2D eigenvalue weighted by Gasteiger charge is -2.27. The minimum atomic E-state index is -1.02. The number of rotatable bonds is 5. The number of aromatic nitrogens is 1. The van der Waals surface area contributed by atoms with Crippen LogP contribution in [0, 0.1) is 17.2 Å². The molecule has 0 bridgehead atoms. The molecule has 0 saturated carbocycles. The molecule has 0 aliphatic heterocycles. The van der Waals surface area contributed by atoms with Crippen LogP contribution >= 0.6 is 11.6 Å². The molecule has 0 unspecified atom stereocenters. The van der Waals surface area contributed by atoms with Gasteiger partial charge in [-0.15, -0.1) is 0 Å². The van der Waals surface area contributed by atoms with Gasteiger partial charge in [-0.25, -0.2) is 9.78 Å². The summed E-state index contributed by atoms with van der Waals surface area (Å²) in [4.78, 5) is 27.2. The minimum Gasteiger partial charge on any atom is -0.451 e. The Labute approximate surface area is 128 Å². The molecule has 112 valence electrons. The Morgan fingerprint density at radius 2 is 2.24 bits per heavy atom. The molecule has 1 rings (SSSR count). The van der Waals surface area contributed by atoms with Gasteiger partial charge < -0.3 is 10.1 Å². The van der Waals surface area contributed by atoms with E-state index in [0.717, 1.165) is 0 Å². The summed E-state index contributed by atoms with van der Waals surface area (Å²) >= 11 is 5.73. The van der Waals surface area contributed by atoms with Crippen LogP contribution < -0.4 is 5.32 Å². The lowest BCUT2D eigenvalue weighted by molar-refractivity contribution is -0.125. The van der Waals surface area contributed by atoms with Gasteiger partial charge in [-0.2, -0.15) is 5.26 Å². The Morgan fingerprint density at radius 3 is 2.76 bits per heavy atom. The van der Waals surface area contributed by atoms with Gasteiger partial charge in [0.25, 0.3) is 5.91 Å². The number of pyridine rings is 1. The second-order valence-electron chi connectivity index (χ2n) is 4.95. The highest BCUT2D eigenvalue weighted by Crippen LogP contribution is 2.15. The number of carbonyl (C=O) groups is 2. The molecule has 0 aromatic carbocycles. The lowest BCUT2D eigenvalue weighted by Crippen LogP contribution is -2.50. The summed E-state index contributed by atoms with van der Waals surface area (Å²) < 4.78 is 4.83. The van der Waals surface area contributed by atoms with Crippen LogP contribution in [0.1, 0.15) is 31.3 Å². The smallest absolute Gasteiger partial charge is 0.357 e. The van der Waals surface area contributed by atoms with Gasteiger partial charge >= 0.3 is 5.97 Å². The third-order valence-corrected chi connectivity index (χ3v) is 3.29. The molecular formula is C14H16ClN3O3. The Kier molecular flexibility index (Phi) is 5.68. The van der Waals surface area contributed by atoms with Crippen LogP contribution in [-0.4, -0.2) is 29.0 Å². The van der Waals surface area contributed by atoms with E-state index in [4.69, 9.17) is 21.6 Å². The minimum absolute atomic E-state index is 0.0159. The molecule has 1 N–H and O–H groups in total. The van der Waals surface area contributed by atoms with E-state index in [1.54, 1.807) is 6.92 Å². The van der Waals surface area contributed by atoms with E-state index in [9.17, 15) is 9.59 Å². The van der Waals surface area contributed by atoms with E-state index in [-0.39, 0.29) is 11.6 Å². The van der Waals surface area contributed by atoms with Crippen molar-refractivity contribution in [3.05, 3.63) is 29.0 Å². The normalized spacial score (nSPS) is 13.1. The molecule has 7 heteroatoms. The fourth-order valence-electron chi connectivity index (χ4n) is 1.35. The molecule has 1 atom stereocenters. The van der Waals surface area contributed by atoms with Crippen LogP contribution in [-0.2, 0) is 9.53 Å². The number of hydrogen-bond donors (Lipinski definition) is 1. The van der Waals surface area contributed by atoms with Crippen molar-refractivity contribution >= 4 is 23.5 Å². The first-order valence-corrected chi connectivity index (χ1v) is 6.67. The maximum Gasteiger partial charge on any atom is 0.357 e. The third kappa shape index (κ3) is 4.72. The Balaban J connectivity index is 2.58. The predicted octanol–water partition coefficient (Wildman–Crippen LogP) is 1.95. The zero-order valence-corrected chi connectivity index (χ0v) is 12.8. The molecule has 6 nitrogen and oxygen atoms in total. The molecule has 1 heterocycles. The topological polar surface area (TPSA) is 92.1 Å². The maximum atomic E-state index is 11.7. The lowest BCUT2D eigenvalue weighted by atomic mass is 9.90. The van der Waals surface area contributed by atoms with Gasteiger partial charge in [0.1, 0.15) is 11.2 Å². The third-order valence-electron chi connectivity index (χ3n) is 3.05. The van der Waals surface area contributed by atoms with Crippen LogP contribution in [0.2, 0.25) is 5.02 Å². The number of ether oxygens (including phenoxy) is 1. The number of carbonyl (C=O) groups excluding carboxylic acids is 2. The highest BCUT2D eigenvalue weighted by atomic mass is 35.5.